The summed E-state index contributed by atoms with van der Waals surface area (Å²) in [6.07, 6.45) is 8.06. The van der Waals surface area contributed by atoms with E-state index in [1.54, 1.807) is 11.6 Å². The Morgan fingerprint density at radius 3 is 2.81 bits per heavy atom. The molecule has 5 heterocycles. The fraction of sp³-hybridized carbons (Fsp3) is 0.348. The van der Waals surface area contributed by atoms with Crippen LogP contribution in [0.1, 0.15) is 36.1 Å². The molecule has 4 N–H and O–H groups in total. The lowest BCUT2D eigenvalue weighted by molar-refractivity contribution is 0.586. The molecule has 1 unspecified atom stereocenters. The van der Waals surface area contributed by atoms with Gasteiger partial charge in [-0.25, -0.2) is 15.0 Å². The Bertz CT molecular complexity index is 1320. The van der Waals surface area contributed by atoms with Crippen molar-refractivity contribution in [2.24, 2.45) is 5.73 Å². The summed E-state index contributed by atoms with van der Waals surface area (Å²) in [6.45, 7) is 3.73. The smallest absolute Gasteiger partial charge is 0.163 e. The number of aromatic amines is 1. The van der Waals surface area contributed by atoms with Crippen LogP contribution >= 0.6 is 12.2 Å². The van der Waals surface area contributed by atoms with Crippen LogP contribution in [0.25, 0.3) is 33.3 Å². The zero-order valence-corrected chi connectivity index (χ0v) is 18.4. The zero-order valence-electron chi connectivity index (χ0n) is 17.6. The average molecular weight is 445 g/mol. The van der Waals surface area contributed by atoms with Gasteiger partial charge in [0.25, 0.3) is 0 Å². The van der Waals surface area contributed by atoms with Crippen LogP contribution in [-0.4, -0.2) is 56.5 Å². The summed E-state index contributed by atoms with van der Waals surface area (Å²) in [4.78, 5) is 24.8. The molecule has 0 radical (unpaired) electrons. The zero-order chi connectivity index (χ0) is 21.7. The SMILES string of the molecule is NC(C=S)c1cc2c(-c3nc(N4CCNCC4)c4c(C5CC5)cncc4n3)ccnc2[nH]1. The van der Waals surface area contributed by atoms with E-state index in [0.717, 1.165) is 65.2 Å². The highest BCUT2D eigenvalue weighted by Gasteiger charge is 2.29. The summed E-state index contributed by atoms with van der Waals surface area (Å²) < 4.78 is 0. The highest BCUT2D eigenvalue weighted by molar-refractivity contribution is 7.79. The highest BCUT2D eigenvalue weighted by atomic mass is 32.1. The Balaban J connectivity index is 1.57. The average Bonchev–Trinajstić information content (AvgIpc) is 3.60. The summed E-state index contributed by atoms with van der Waals surface area (Å²) in [5.74, 6) is 2.25. The number of nitrogens with one attached hydrogen (secondary N) is 2. The molecule has 0 amide bonds. The molecule has 2 fully saturated rings. The van der Waals surface area contributed by atoms with E-state index < -0.39 is 0 Å². The number of piperazine rings is 1. The van der Waals surface area contributed by atoms with Gasteiger partial charge in [-0.15, -0.1) is 0 Å². The monoisotopic (exact) mass is 444 g/mol. The largest absolute Gasteiger partial charge is 0.353 e. The van der Waals surface area contributed by atoms with E-state index in [2.05, 4.69) is 25.2 Å². The Kier molecular flexibility index (Phi) is 4.82. The molecule has 4 aromatic heterocycles. The molecule has 9 heteroatoms. The predicted molar refractivity (Wildman–Crippen MR) is 130 cm³/mol. The van der Waals surface area contributed by atoms with Crippen molar-refractivity contribution in [1.29, 1.82) is 0 Å². The second kappa shape index (κ2) is 7.84. The summed E-state index contributed by atoms with van der Waals surface area (Å²) in [5, 5.41) is 7.07. The van der Waals surface area contributed by atoms with Crippen molar-refractivity contribution in [2.45, 2.75) is 24.8 Å². The molecular formula is C23H24N8S. The number of fused-ring (bicyclic) bond motifs is 2. The number of pyridine rings is 2. The molecule has 0 spiro atoms. The summed E-state index contributed by atoms with van der Waals surface area (Å²) >= 11 is 5.04. The minimum atomic E-state index is -0.355. The van der Waals surface area contributed by atoms with Crippen LogP contribution in [0, 0.1) is 0 Å². The molecule has 2 aliphatic rings. The normalized spacial score (nSPS) is 17.7. The van der Waals surface area contributed by atoms with Crippen LogP contribution in [0.2, 0.25) is 0 Å². The quantitative estimate of drug-likeness (QED) is 0.403. The van der Waals surface area contributed by atoms with Crippen LogP contribution in [0.4, 0.5) is 5.82 Å². The van der Waals surface area contributed by atoms with E-state index in [9.17, 15) is 0 Å². The van der Waals surface area contributed by atoms with Gasteiger partial charge in [0.2, 0.25) is 0 Å². The third kappa shape index (κ3) is 3.33. The van der Waals surface area contributed by atoms with Crippen molar-refractivity contribution in [1.82, 2.24) is 30.2 Å². The van der Waals surface area contributed by atoms with Crippen molar-refractivity contribution in [3.63, 3.8) is 0 Å². The molecule has 0 aromatic carbocycles. The van der Waals surface area contributed by atoms with Gasteiger partial charge in [-0.3, -0.25) is 4.98 Å². The minimum Gasteiger partial charge on any atom is -0.353 e. The van der Waals surface area contributed by atoms with Gasteiger partial charge in [-0.1, -0.05) is 12.2 Å². The minimum absolute atomic E-state index is 0.355. The van der Waals surface area contributed by atoms with E-state index in [-0.39, 0.29) is 6.04 Å². The maximum atomic E-state index is 6.12. The molecule has 1 aliphatic carbocycles. The Hall–Kier alpha value is -3.01. The Morgan fingerprint density at radius 2 is 2.03 bits per heavy atom. The van der Waals surface area contributed by atoms with Gasteiger partial charge in [0.1, 0.15) is 11.5 Å². The van der Waals surface area contributed by atoms with Crippen LogP contribution < -0.4 is 16.0 Å². The van der Waals surface area contributed by atoms with Gasteiger partial charge >= 0.3 is 0 Å². The Labute approximate surface area is 190 Å². The third-order valence-electron chi connectivity index (χ3n) is 6.35. The molecule has 8 nitrogen and oxygen atoms in total. The number of hydrogen-bond acceptors (Lipinski definition) is 8. The Morgan fingerprint density at radius 1 is 1.19 bits per heavy atom. The lowest BCUT2D eigenvalue weighted by Gasteiger charge is -2.30. The van der Waals surface area contributed by atoms with Gasteiger partial charge < -0.3 is 20.9 Å². The van der Waals surface area contributed by atoms with Crippen molar-refractivity contribution in [2.75, 3.05) is 31.1 Å². The summed E-state index contributed by atoms with van der Waals surface area (Å²) in [7, 11) is 0. The van der Waals surface area contributed by atoms with E-state index in [1.807, 2.05) is 24.5 Å². The van der Waals surface area contributed by atoms with E-state index in [0.29, 0.717) is 11.7 Å². The van der Waals surface area contributed by atoms with Gasteiger partial charge in [0.05, 0.1) is 17.8 Å². The van der Waals surface area contributed by atoms with Crippen LogP contribution in [0.3, 0.4) is 0 Å². The van der Waals surface area contributed by atoms with Gasteiger partial charge in [-0.05, 0) is 36.5 Å². The fourth-order valence-electron chi connectivity index (χ4n) is 4.51. The second-order valence-corrected chi connectivity index (χ2v) is 8.78. The molecule has 0 bridgehead atoms. The number of rotatable bonds is 5. The molecule has 162 valence electrons. The molecule has 1 saturated heterocycles. The van der Waals surface area contributed by atoms with Gasteiger partial charge in [0, 0.05) is 66.0 Å². The molecule has 6 rings (SSSR count). The number of hydrogen-bond donors (Lipinski definition) is 3. The highest BCUT2D eigenvalue weighted by Crippen LogP contribution is 2.45. The number of anilines is 1. The second-order valence-electron chi connectivity index (χ2n) is 8.51. The number of H-pyrrole nitrogens is 1. The lowest BCUT2D eigenvalue weighted by atomic mass is 10.1. The van der Waals surface area contributed by atoms with E-state index >= 15 is 0 Å². The molecule has 1 aliphatic heterocycles. The van der Waals surface area contributed by atoms with Crippen LogP contribution in [0.5, 0.6) is 0 Å². The number of thiocarbonyl (C=S) groups is 1. The van der Waals surface area contributed by atoms with Gasteiger partial charge in [0.15, 0.2) is 5.82 Å². The van der Waals surface area contributed by atoms with Crippen molar-refractivity contribution in [3.05, 3.63) is 42.0 Å². The first-order chi connectivity index (χ1) is 15.7. The summed E-state index contributed by atoms with van der Waals surface area (Å²) in [6, 6.07) is 3.61. The maximum absolute atomic E-state index is 6.12. The van der Waals surface area contributed by atoms with Crippen LogP contribution in [-0.2, 0) is 0 Å². The molecule has 1 saturated carbocycles. The third-order valence-corrected chi connectivity index (χ3v) is 6.64. The topological polar surface area (TPSA) is 109 Å². The number of aromatic nitrogens is 5. The van der Waals surface area contributed by atoms with Crippen LogP contribution in [0.15, 0.2) is 30.7 Å². The first kappa shape index (κ1) is 19.7. The fourth-order valence-corrected chi connectivity index (χ4v) is 4.66. The van der Waals surface area contributed by atoms with Gasteiger partial charge in [-0.2, -0.15) is 0 Å². The van der Waals surface area contributed by atoms with Crippen molar-refractivity contribution >= 4 is 45.3 Å². The predicted octanol–water partition coefficient (Wildman–Crippen LogP) is 2.85. The standard InChI is InChI=1S/C23H24N8S/c24-17(12-32)18-9-15-14(3-4-27-21(15)28-18)22-29-19-11-26-10-16(13-1-2-13)20(19)23(30-22)31-7-5-25-6-8-31/h3-4,9-13,17,25H,1-2,5-8,24H2,(H,27,28). The van der Waals surface area contributed by atoms with E-state index in [4.69, 9.17) is 27.9 Å². The first-order valence-corrected chi connectivity index (χ1v) is 11.5. The maximum Gasteiger partial charge on any atom is 0.163 e. The van der Waals surface area contributed by atoms with Crippen molar-refractivity contribution < 1.29 is 0 Å². The molecular weight excluding hydrogens is 420 g/mol. The molecule has 4 aromatic rings. The molecule has 1 atom stereocenters. The first-order valence-electron chi connectivity index (χ1n) is 11.0. The lowest BCUT2D eigenvalue weighted by Crippen LogP contribution is -2.44. The number of nitrogens with zero attached hydrogens (tertiary/aromatic N) is 5. The summed E-state index contributed by atoms with van der Waals surface area (Å²) in [5.41, 5.74) is 10.8. The molecule has 32 heavy (non-hydrogen) atoms. The van der Waals surface area contributed by atoms with Crippen molar-refractivity contribution in [3.8, 4) is 11.4 Å². The van der Waals surface area contributed by atoms with E-state index in [1.165, 1.54) is 18.4 Å². The number of nitrogens with two attached hydrogens (primary N) is 1.